The Morgan fingerprint density at radius 1 is 1.26 bits per heavy atom. The van der Waals surface area contributed by atoms with E-state index in [-0.39, 0.29) is 5.41 Å². The topological polar surface area (TPSA) is 61.0 Å². The first-order valence-electron chi connectivity index (χ1n) is 6.49. The molecule has 1 aliphatic heterocycles. The SMILES string of the molecule is NCC1(c2nc(-c3ccccn3)cs2)CCOCC1. The maximum Gasteiger partial charge on any atom is 0.101 e. The standard InChI is InChI=1S/C14H17N3OS/c15-10-14(4-7-18-8-5-14)13-17-12(9-19-13)11-3-1-2-6-16-11/h1-3,6,9H,4-5,7-8,10,15H2. The molecule has 19 heavy (non-hydrogen) atoms. The van der Waals surface area contributed by atoms with Crippen molar-refractivity contribution in [2.45, 2.75) is 18.3 Å². The molecule has 0 radical (unpaired) electrons. The maximum atomic E-state index is 6.01. The fraction of sp³-hybridized carbons (Fsp3) is 0.429. The minimum Gasteiger partial charge on any atom is -0.381 e. The predicted octanol–water partition coefficient (Wildman–Crippen LogP) is 2.21. The van der Waals surface area contributed by atoms with Gasteiger partial charge in [0.25, 0.3) is 0 Å². The lowest BCUT2D eigenvalue weighted by Crippen LogP contribution is -2.40. The number of rotatable bonds is 3. The van der Waals surface area contributed by atoms with E-state index in [2.05, 4.69) is 10.4 Å². The lowest BCUT2D eigenvalue weighted by Gasteiger charge is -2.34. The summed E-state index contributed by atoms with van der Waals surface area (Å²) in [4.78, 5) is 9.11. The van der Waals surface area contributed by atoms with Crippen molar-refractivity contribution in [3.05, 3.63) is 34.8 Å². The van der Waals surface area contributed by atoms with Crippen molar-refractivity contribution in [3.8, 4) is 11.4 Å². The fourth-order valence-corrected chi connectivity index (χ4v) is 3.50. The van der Waals surface area contributed by atoms with Gasteiger partial charge in [-0.15, -0.1) is 11.3 Å². The van der Waals surface area contributed by atoms with Crippen LogP contribution < -0.4 is 5.73 Å². The van der Waals surface area contributed by atoms with Crippen molar-refractivity contribution in [2.24, 2.45) is 5.73 Å². The minimum atomic E-state index is -0.00402. The van der Waals surface area contributed by atoms with E-state index in [1.165, 1.54) is 0 Å². The summed E-state index contributed by atoms with van der Waals surface area (Å²) in [5.41, 5.74) is 7.87. The molecule has 100 valence electrons. The van der Waals surface area contributed by atoms with Gasteiger partial charge in [-0.1, -0.05) is 6.07 Å². The predicted molar refractivity (Wildman–Crippen MR) is 76.1 cm³/mol. The van der Waals surface area contributed by atoms with Crippen LogP contribution in [0.2, 0.25) is 0 Å². The van der Waals surface area contributed by atoms with Gasteiger partial charge in [0.2, 0.25) is 0 Å². The molecule has 0 atom stereocenters. The van der Waals surface area contributed by atoms with Gasteiger partial charge < -0.3 is 10.5 Å². The van der Waals surface area contributed by atoms with Crippen molar-refractivity contribution < 1.29 is 4.74 Å². The zero-order valence-corrected chi connectivity index (χ0v) is 11.5. The summed E-state index contributed by atoms with van der Waals surface area (Å²) in [7, 11) is 0. The molecule has 3 rings (SSSR count). The van der Waals surface area contributed by atoms with E-state index in [0.717, 1.165) is 42.5 Å². The van der Waals surface area contributed by atoms with Crippen LogP contribution >= 0.6 is 11.3 Å². The molecule has 0 amide bonds. The number of hydrogen-bond donors (Lipinski definition) is 1. The summed E-state index contributed by atoms with van der Waals surface area (Å²) in [5, 5.41) is 3.20. The van der Waals surface area contributed by atoms with Gasteiger partial charge in [0, 0.05) is 36.8 Å². The van der Waals surface area contributed by atoms with Crippen molar-refractivity contribution in [3.63, 3.8) is 0 Å². The second kappa shape index (κ2) is 5.36. The number of ether oxygens (including phenoxy) is 1. The number of hydrogen-bond acceptors (Lipinski definition) is 5. The van der Waals surface area contributed by atoms with Gasteiger partial charge in [-0.3, -0.25) is 4.98 Å². The van der Waals surface area contributed by atoms with Gasteiger partial charge in [-0.25, -0.2) is 4.98 Å². The Morgan fingerprint density at radius 3 is 2.79 bits per heavy atom. The van der Waals surface area contributed by atoms with Crippen LogP contribution in [-0.2, 0) is 10.2 Å². The fourth-order valence-electron chi connectivity index (χ4n) is 2.42. The number of nitrogens with two attached hydrogens (primary N) is 1. The van der Waals surface area contributed by atoms with Crippen LogP contribution in [-0.4, -0.2) is 29.7 Å². The third-order valence-corrected chi connectivity index (χ3v) is 4.81. The van der Waals surface area contributed by atoms with Gasteiger partial charge in [0.1, 0.15) is 5.01 Å². The zero-order valence-electron chi connectivity index (χ0n) is 10.7. The second-order valence-corrected chi connectivity index (χ2v) is 5.71. The molecule has 1 saturated heterocycles. The van der Waals surface area contributed by atoms with E-state index in [4.69, 9.17) is 15.5 Å². The number of thiazole rings is 1. The van der Waals surface area contributed by atoms with E-state index < -0.39 is 0 Å². The quantitative estimate of drug-likeness (QED) is 0.933. The normalized spacial score (nSPS) is 18.4. The first-order chi connectivity index (χ1) is 9.34. The first kappa shape index (κ1) is 12.7. The molecule has 2 aromatic heterocycles. The summed E-state index contributed by atoms with van der Waals surface area (Å²) in [6.45, 7) is 2.18. The van der Waals surface area contributed by atoms with E-state index in [1.54, 1.807) is 17.5 Å². The van der Waals surface area contributed by atoms with Crippen LogP contribution in [0.3, 0.4) is 0 Å². The van der Waals surface area contributed by atoms with Crippen molar-refractivity contribution in [2.75, 3.05) is 19.8 Å². The van der Waals surface area contributed by atoms with E-state index in [9.17, 15) is 0 Å². The lowest BCUT2D eigenvalue weighted by molar-refractivity contribution is 0.0529. The molecule has 0 bridgehead atoms. The number of nitrogens with zero attached hydrogens (tertiary/aromatic N) is 2. The van der Waals surface area contributed by atoms with E-state index in [0.29, 0.717) is 6.54 Å². The zero-order chi connectivity index (χ0) is 13.1. The molecule has 0 aliphatic carbocycles. The Balaban J connectivity index is 1.92. The third kappa shape index (κ3) is 2.41. The van der Waals surface area contributed by atoms with Crippen molar-refractivity contribution >= 4 is 11.3 Å². The smallest absolute Gasteiger partial charge is 0.101 e. The Labute approximate surface area is 116 Å². The summed E-state index contributed by atoms with van der Waals surface area (Å²) in [5.74, 6) is 0. The van der Waals surface area contributed by atoms with Crippen LogP contribution in [0.25, 0.3) is 11.4 Å². The molecule has 1 fully saturated rings. The molecule has 5 heteroatoms. The molecule has 2 N–H and O–H groups in total. The average molecular weight is 275 g/mol. The highest BCUT2D eigenvalue weighted by Crippen LogP contribution is 2.37. The highest BCUT2D eigenvalue weighted by atomic mass is 32.1. The Hall–Kier alpha value is -1.30. The van der Waals surface area contributed by atoms with E-state index >= 15 is 0 Å². The van der Waals surface area contributed by atoms with Gasteiger partial charge in [-0.05, 0) is 25.0 Å². The molecule has 2 aromatic rings. The van der Waals surface area contributed by atoms with Gasteiger partial charge in [0.15, 0.2) is 0 Å². The summed E-state index contributed by atoms with van der Waals surface area (Å²) < 4.78 is 5.45. The van der Waals surface area contributed by atoms with Crippen LogP contribution in [0, 0.1) is 0 Å². The summed E-state index contributed by atoms with van der Waals surface area (Å²) in [6.07, 6.45) is 3.71. The molecule has 0 saturated carbocycles. The molecule has 3 heterocycles. The third-order valence-electron chi connectivity index (χ3n) is 3.73. The molecular weight excluding hydrogens is 258 g/mol. The van der Waals surface area contributed by atoms with E-state index in [1.807, 2.05) is 18.2 Å². The highest BCUT2D eigenvalue weighted by Gasteiger charge is 2.36. The molecule has 0 spiro atoms. The minimum absolute atomic E-state index is 0.00402. The summed E-state index contributed by atoms with van der Waals surface area (Å²) in [6, 6.07) is 5.88. The molecule has 4 nitrogen and oxygen atoms in total. The molecule has 0 aromatic carbocycles. The van der Waals surface area contributed by atoms with Crippen LogP contribution in [0.4, 0.5) is 0 Å². The molecule has 1 aliphatic rings. The lowest BCUT2D eigenvalue weighted by atomic mass is 9.81. The Morgan fingerprint density at radius 2 is 2.11 bits per heavy atom. The van der Waals surface area contributed by atoms with Crippen LogP contribution in [0.5, 0.6) is 0 Å². The van der Waals surface area contributed by atoms with Gasteiger partial charge in [-0.2, -0.15) is 0 Å². The van der Waals surface area contributed by atoms with Crippen molar-refractivity contribution in [1.29, 1.82) is 0 Å². The molecule has 0 unspecified atom stereocenters. The summed E-state index contributed by atoms with van der Waals surface area (Å²) >= 11 is 1.69. The number of pyridine rings is 1. The molecular formula is C14H17N3OS. The highest BCUT2D eigenvalue weighted by molar-refractivity contribution is 7.10. The number of aromatic nitrogens is 2. The maximum absolute atomic E-state index is 6.01. The van der Waals surface area contributed by atoms with Crippen LogP contribution in [0.15, 0.2) is 29.8 Å². The second-order valence-electron chi connectivity index (χ2n) is 4.85. The monoisotopic (exact) mass is 275 g/mol. The van der Waals surface area contributed by atoms with Crippen LogP contribution in [0.1, 0.15) is 17.8 Å². The Bertz CT molecular complexity index is 535. The Kier molecular flexibility index (Phi) is 3.59. The van der Waals surface area contributed by atoms with Gasteiger partial charge in [0.05, 0.1) is 11.4 Å². The first-order valence-corrected chi connectivity index (χ1v) is 7.37. The average Bonchev–Trinajstić information content (AvgIpc) is 2.99. The largest absolute Gasteiger partial charge is 0.381 e. The van der Waals surface area contributed by atoms with Crippen molar-refractivity contribution in [1.82, 2.24) is 9.97 Å². The van der Waals surface area contributed by atoms with Gasteiger partial charge >= 0.3 is 0 Å².